The van der Waals surface area contributed by atoms with Crippen molar-refractivity contribution in [2.45, 2.75) is 24.8 Å². The highest BCUT2D eigenvalue weighted by Crippen LogP contribution is 2.41. The van der Waals surface area contributed by atoms with Gasteiger partial charge in [0, 0.05) is 19.4 Å². The summed E-state index contributed by atoms with van der Waals surface area (Å²) in [7, 11) is 1.78. The second-order valence-corrected chi connectivity index (χ2v) is 5.26. The molecule has 1 fully saturated rings. The maximum Gasteiger partial charge on any atom is 0.287 e. The molecule has 0 spiro atoms. The number of imidazole rings is 1. The van der Waals surface area contributed by atoms with Gasteiger partial charge in [-0.25, -0.2) is 9.37 Å². The molecular weight excluding hydrogens is 257 g/mol. The Morgan fingerprint density at radius 3 is 2.55 bits per heavy atom. The van der Waals surface area contributed by atoms with Crippen LogP contribution in [0.1, 0.15) is 35.4 Å². The fraction of sp³-hybridized carbons (Fsp3) is 0.333. The summed E-state index contributed by atoms with van der Waals surface area (Å²) >= 11 is 0. The molecule has 0 radical (unpaired) electrons. The lowest BCUT2D eigenvalue weighted by Gasteiger charge is -2.43. The maximum atomic E-state index is 13.0. The smallest absolute Gasteiger partial charge is 0.287 e. The largest absolute Gasteiger partial charge is 0.340 e. The van der Waals surface area contributed by atoms with Crippen LogP contribution < -0.4 is 5.32 Å². The predicted molar refractivity (Wildman–Crippen MR) is 72.6 cm³/mol. The Hall–Kier alpha value is -2.17. The number of carbonyl (C=O) groups excluding carboxylic acids is 1. The molecule has 1 saturated carbocycles. The molecule has 1 heterocycles. The van der Waals surface area contributed by atoms with Gasteiger partial charge in [-0.05, 0) is 37.0 Å². The third-order valence-electron chi connectivity index (χ3n) is 3.98. The van der Waals surface area contributed by atoms with Gasteiger partial charge in [0.15, 0.2) is 5.82 Å². The summed E-state index contributed by atoms with van der Waals surface area (Å²) in [5, 5.41) is 3.06. The molecule has 20 heavy (non-hydrogen) atoms. The Morgan fingerprint density at radius 2 is 2.05 bits per heavy atom. The van der Waals surface area contributed by atoms with Crippen LogP contribution in [0.15, 0.2) is 36.7 Å². The van der Waals surface area contributed by atoms with Gasteiger partial charge in [0.2, 0.25) is 0 Å². The van der Waals surface area contributed by atoms with Gasteiger partial charge in [-0.2, -0.15) is 0 Å². The molecule has 1 amide bonds. The van der Waals surface area contributed by atoms with Gasteiger partial charge in [-0.3, -0.25) is 4.79 Å². The highest BCUT2D eigenvalue weighted by molar-refractivity contribution is 5.91. The minimum atomic E-state index is -0.378. The molecular formula is C15H16FN3O. The lowest BCUT2D eigenvalue weighted by atomic mass is 9.71. The molecule has 4 nitrogen and oxygen atoms in total. The van der Waals surface area contributed by atoms with E-state index in [1.807, 2.05) is 0 Å². The van der Waals surface area contributed by atoms with E-state index in [1.54, 1.807) is 36.1 Å². The van der Waals surface area contributed by atoms with Crippen molar-refractivity contribution in [3.8, 4) is 0 Å². The number of carbonyl (C=O) groups is 1. The molecule has 1 aliphatic carbocycles. The number of hydrogen-bond donors (Lipinski definition) is 1. The number of aromatic nitrogens is 2. The van der Waals surface area contributed by atoms with Crippen LogP contribution in [0.3, 0.4) is 0 Å². The molecule has 0 bridgehead atoms. The first-order valence-electron chi connectivity index (χ1n) is 6.67. The summed E-state index contributed by atoms with van der Waals surface area (Å²) in [6.07, 6.45) is 6.13. The number of nitrogens with one attached hydrogen (secondary N) is 1. The Kier molecular flexibility index (Phi) is 3.04. The van der Waals surface area contributed by atoms with Gasteiger partial charge in [0.25, 0.3) is 5.91 Å². The van der Waals surface area contributed by atoms with E-state index in [-0.39, 0.29) is 17.3 Å². The molecule has 0 saturated heterocycles. The van der Waals surface area contributed by atoms with Gasteiger partial charge < -0.3 is 9.88 Å². The molecule has 1 aliphatic rings. The summed E-state index contributed by atoms with van der Waals surface area (Å²) in [6, 6.07) is 6.35. The monoisotopic (exact) mass is 273 g/mol. The van der Waals surface area contributed by atoms with Gasteiger partial charge >= 0.3 is 0 Å². The van der Waals surface area contributed by atoms with Gasteiger partial charge in [-0.1, -0.05) is 12.1 Å². The highest BCUT2D eigenvalue weighted by Gasteiger charge is 2.40. The van der Waals surface area contributed by atoms with Crippen molar-refractivity contribution in [1.29, 1.82) is 0 Å². The van der Waals surface area contributed by atoms with E-state index in [9.17, 15) is 9.18 Å². The van der Waals surface area contributed by atoms with E-state index in [0.29, 0.717) is 5.82 Å². The number of nitrogens with zero attached hydrogens (tertiary/aromatic N) is 2. The van der Waals surface area contributed by atoms with E-state index in [1.165, 1.54) is 12.1 Å². The average Bonchev–Trinajstić information content (AvgIpc) is 2.81. The molecule has 3 rings (SSSR count). The van der Waals surface area contributed by atoms with E-state index < -0.39 is 0 Å². The first kappa shape index (κ1) is 12.8. The Labute approximate surface area is 116 Å². The Bertz CT molecular complexity index is 629. The normalized spacial score (nSPS) is 16.5. The summed E-state index contributed by atoms with van der Waals surface area (Å²) in [6.45, 7) is 0. The molecule has 0 unspecified atom stereocenters. The van der Waals surface area contributed by atoms with Crippen molar-refractivity contribution < 1.29 is 9.18 Å². The first-order valence-corrected chi connectivity index (χ1v) is 6.67. The zero-order valence-corrected chi connectivity index (χ0v) is 11.3. The van der Waals surface area contributed by atoms with Crippen LogP contribution in [-0.4, -0.2) is 15.5 Å². The SMILES string of the molecule is Cn1ccnc1C(=O)NC1(c2ccc(F)cc2)CCC1. The van der Waals surface area contributed by atoms with Crippen LogP contribution in [-0.2, 0) is 12.6 Å². The van der Waals surface area contributed by atoms with E-state index in [0.717, 1.165) is 24.8 Å². The van der Waals surface area contributed by atoms with E-state index in [4.69, 9.17) is 0 Å². The van der Waals surface area contributed by atoms with Gasteiger partial charge in [0.05, 0.1) is 5.54 Å². The average molecular weight is 273 g/mol. The predicted octanol–water partition coefficient (Wildman–Crippen LogP) is 2.37. The zero-order chi connectivity index (χ0) is 14.2. The van der Waals surface area contributed by atoms with Crippen LogP contribution in [0.4, 0.5) is 4.39 Å². The second-order valence-electron chi connectivity index (χ2n) is 5.26. The van der Waals surface area contributed by atoms with Crippen molar-refractivity contribution in [2.75, 3.05) is 0 Å². The Morgan fingerprint density at radius 1 is 1.35 bits per heavy atom. The van der Waals surface area contributed by atoms with Gasteiger partial charge in [0.1, 0.15) is 5.82 Å². The van der Waals surface area contributed by atoms with Crippen LogP contribution in [0.2, 0.25) is 0 Å². The third-order valence-corrected chi connectivity index (χ3v) is 3.98. The lowest BCUT2D eigenvalue weighted by Crippen LogP contribution is -2.51. The molecule has 1 aromatic heterocycles. The van der Waals surface area contributed by atoms with Crippen molar-refractivity contribution >= 4 is 5.91 Å². The third kappa shape index (κ3) is 2.09. The summed E-state index contributed by atoms with van der Waals surface area (Å²) in [4.78, 5) is 16.4. The van der Waals surface area contributed by atoms with Crippen LogP contribution in [0.25, 0.3) is 0 Å². The Balaban J connectivity index is 1.85. The molecule has 0 atom stereocenters. The molecule has 1 aromatic carbocycles. The number of amides is 1. The van der Waals surface area contributed by atoms with Crippen LogP contribution >= 0.6 is 0 Å². The van der Waals surface area contributed by atoms with E-state index >= 15 is 0 Å². The molecule has 5 heteroatoms. The number of aryl methyl sites for hydroxylation is 1. The van der Waals surface area contributed by atoms with Crippen LogP contribution in [0.5, 0.6) is 0 Å². The molecule has 0 aliphatic heterocycles. The van der Waals surface area contributed by atoms with Crippen molar-refractivity contribution in [3.63, 3.8) is 0 Å². The molecule has 2 aromatic rings. The van der Waals surface area contributed by atoms with Gasteiger partial charge in [-0.15, -0.1) is 0 Å². The number of halogens is 1. The highest BCUT2D eigenvalue weighted by atomic mass is 19.1. The second kappa shape index (κ2) is 4.74. The summed E-state index contributed by atoms with van der Waals surface area (Å²) < 4.78 is 14.7. The molecule has 1 N–H and O–H groups in total. The van der Waals surface area contributed by atoms with E-state index in [2.05, 4.69) is 10.3 Å². The quantitative estimate of drug-likeness (QED) is 0.933. The topological polar surface area (TPSA) is 46.9 Å². The van der Waals surface area contributed by atoms with Crippen molar-refractivity contribution in [1.82, 2.24) is 14.9 Å². The standard InChI is InChI=1S/C15H16FN3O/c1-19-10-9-17-13(19)14(20)18-15(7-2-8-15)11-3-5-12(16)6-4-11/h3-6,9-10H,2,7-8H2,1H3,(H,18,20). The fourth-order valence-electron chi connectivity index (χ4n) is 2.64. The minimum Gasteiger partial charge on any atom is -0.340 e. The lowest BCUT2D eigenvalue weighted by molar-refractivity contribution is 0.0809. The van der Waals surface area contributed by atoms with Crippen LogP contribution in [0, 0.1) is 5.82 Å². The number of benzene rings is 1. The maximum absolute atomic E-state index is 13.0. The molecule has 104 valence electrons. The summed E-state index contributed by atoms with van der Waals surface area (Å²) in [5.74, 6) is -0.0708. The number of rotatable bonds is 3. The van der Waals surface area contributed by atoms with Crippen molar-refractivity contribution in [2.24, 2.45) is 7.05 Å². The minimum absolute atomic E-state index is 0.193. The first-order chi connectivity index (χ1) is 9.61. The zero-order valence-electron chi connectivity index (χ0n) is 11.3. The summed E-state index contributed by atoms with van der Waals surface area (Å²) in [5.41, 5.74) is 0.573. The fourth-order valence-corrected chi connectivity index (χ4v) is 2.64. The number of hydrogen-bond acceptors (Lipinski definition) is 2. The van der Waals surface area contributed by atoms with Crippen molar-refractivity contribution in [3.05, 3.63) is 53.9 Å².